The molecule has 13 heteroatoms. The standard InChI is InChI=1S/C19H19F4N3O5S/c1-3-4-12(27)7-8-31-17-15(32(24,29)30)10-26(2)16(17)18(28)25-11-5-6-14(20)13(9-11)19(21,22)23/h5-6,9-10,12,27H,7-8H2,1-2H3,(H,25,28)(H2,24,29,30)/t12-/m1/s1. The number of aromatic nitrogens is 1. The zero-order chi connectivity index (χ0) is 24.3. The number of carbonyl (C=O) groups is 1. The van der Waals surface area contributed by atoms with Crippen molar-refractivity contribution in [3.8, 4) is 17.6 Å². The molecular formula is C19H19F4N3O5S. The van der Waals surface area contributed by atoms with Crippen LogP contribution in [0.25, 0.3) is 0 Å². The maximum Gasteiger partial charge on any atom is 0.419 e. The smallest absolute Gasteiger partial charge is 0.419 e. The molecule has 2 rings (SSSR count). The normalized spacial score (nSPS) is 12.6. The second kappa shape index (κ2) is 9.60. The van der Waals surface area contributed by atoms with Gasteiger partial charge in [0.1, 0.15) is 16.8 Å². The van der Waals surface area contributed by atoms with Gasteiger partial charge in [-0.25, -0.2) is 17.9 Å². The molecule has 4 N–H and O–H groups in total. The number of aryl methyl sites for hydroxylation is 1. The highest BCUT2D eigenvalue weighted by Crippen LogP contribution is 2.34. The summed E-state index contributed by atoms with van der Waals surface area (Å²) < 4.78 is 82.5. The summed E-state index contributed by atoms with van der Waals surface area (Å²) in [5.41, 5.74) is -2.35. The van der Waals surface area contributed by atoms with Crippen LogP contribution in [0.1, 0.15) is 29.4 Å². The van der Waals surface area contributed by atoms with E-state index in [2.05, 4.69) is 17.2 Å². The van der Waals surface area contributed by atoms with Crippen LogP contribution in [0, 0.1) is 17.7 Å². The third-order valence-corrected chi connectivity index (χ3v) is 5.01. The van der Waals surface area contributed by atoms with Crippen molar-refractivity contribution in [2.75, 3.05) is 11.9 Å². The van der Waals surface area contributed by atoms with Crippen molar-refractivity contribution in [3.05, 3.63) is 41.5 Å². The first-order valence-corrected chi connectivity index (χ1v) is 10.4. The summed E-state index contributed by atoms with van der Waals surface area (Å²) in [6.07, 6.45) is -5.10. The molecule has 1 atom stereocenters. The van der Waals surface area contributed by atoms with Gasteiger partial charge >= 0.3 is 6.18 Å². The van der Waals surface area contributed by atoms with Gasteiger partial charge in [-0.15, -0.1) is 5.92 Å². The Labute approximate surface area is 181 Å². The number of carbonyl (C=O) groups excluding carboxylic acids is 1. The molecule has 1 aromatic heterocycles. The lowest BCUT2D eigenvalue weighted by Gasteiger charge is -2.13. The van der Waals surface area contributed by atoms with Crippen LogP contribution in [0.5, 0.6) is 5.75 Å². The first kappa shape index (κ1) is 25.2. The molecule has 0 saturated heterocycles. The molecule has 174 valence electrons. The SMILES string of the molecule is CC#C[C@@H](O)CCOc1c(S(N)(=O)=O)cn(C)c1C(=O)Nc1ccc(F)c(C(F)(F)F)c1. The van der Waals surface area contributed by atoms with Crippen molar-refractivity contribution in [1.29, 1.82) is 0 Å². The fraction of sp³-hybridized carbons (Fsp3) is 0.316. The van der Waals surface area contributed by atoms with Crippen molar-refractivity contribution >= 4 is 21.6 Å². The molecule has 1 heterocycles. The summed E-state index contributed by atoms with van der Waals surface area (Å²) in [4.78, 5) is 12.2. The van der Waals surface area contributed by atoms with E-state index in [1.54, 1.807) is 0 Å². The summed E-state index contributed by atoms with van der Waals surface area (Å²) >= 11 is 0. The van der Waals surface area contributed by atoms with E-state index in [1.165, 1.54) is 14.0 Å². The van der Waals surface area contributed by atoms with E-state index < -0.39 is 50.2 Å². The number of aliphatic hydroxyl groups excluding tert-OH is 1. The van der Waals surface area contributed by atoms with Gasteiger partial charge in [-0.3, -0.25) is 4.79 Å². The van der Waals surface area contributed by atoms with Gasteiger partial charge in [0.05, 0.1) is 12.2 Å². The number of benzene rings is 1. The minimum absolute atomic E-state index is 0.0340. The topological polar surface area (TPSA) is 124 Å². The minimum atomic E-state index is -4.99. The number of rotatable bonds is 7. The number of aliphatic hydroxyl groups is 1. The second-order valence-electron chi connectivity index (χ2n) is 6.52. The molecule has 0 bridgehead atoms. The molecule has 0 radical (unpaired) electrons. The number of hydrogen-bond donors (Lipinski definition) is 3. The van der Waals surface area contributed by atoms with Crippen molar-refractivity contribution in [3.63, 3.8) is 0 Å². The van der Waals surface area contributed by atoms with Crippen LogP contribution in [0.2, 0.25) is 0 Å². The number of nitrogens with one attached hydrogen (secondary N) is 1. The molecule has 0 aliphatic heterocycles. The van der Waals surface area contributed by atoms with Crippen molar-refractivity contribution < 1.29 is 40.6 Å². The zero-order valence-corrected chi connectivity index (χ0v) is 17.6. The predicted molar refractivity (Wildman–Crippen MR) is 106 cm³/mol. The molecule has 2 aromatic rings. The van der Waals surface area contributed by atoms with E-state index in [4.69, 9.17) is 9.88 Å². The number of halogens is 4. The number of hydrogen-bond acceptors (Lipinski definition) is 5. The Kier molecular flexibility index (Phi) is 7.55. The average Bonchev–Trinajstić information content (AvgIpc) is 2.99. The second-order valence-corrected chi connectivity index (χ2v) is 8.05. The maximum absolute atomic E-state index is 13.5. The number of nitrogens with zero attached hydrogens (tertiary/aromatic N) is 1. The van der Waals surface area contributed by atoms with Gasteiger partial charge in [0.25, 0.3) is 5.91 Å². The Hall–Kier alpha value is -3.08. The lowest BCUT2D eigenvalue weighted by atomic mass is 10.1. The summed E-state index contributed by atoms with van der Waals surface area (Å²) in [7, 11) is -3.06. The summed E-state index contributed by atoms with van der Waals surface area (Å²) in [5, 5.41) is 17.0. The van der Waals surface area contributed by atoms with Crippen LogP contribution in [0.15, 0.2) is 29.3 Å². The number of primary sulfonamides is 1. The van der Waals surface area contributed by atoms with Crippen molar-refractivity contribution in [2.45, 2.75) is 30.5 Å². The predicted octanol–water partition coefficient (Wildman–Crippen LogP) is 2.24. The maximum atomic E-state index is 13.5. The van der Waals surface area contributed by atoms with Crippen molar-refractivity contribution in [1.82, 2.24) is 4.57 Å². The van der Waals surface area contributed by atoms with Gasteiger partial charge in [0.2, 0.25) is 10.0 Å². The number of ether oxygens (including phenoxy) is 1. The molecule has 8 nitrogen and oxygen atoms in total. The van der Waals surface area contributed by atoms with Crippen LogP contribution in [0.4, 0.5) is 23.2 Å². The fourth-order valence-electron chi connectivity index (χ4n) is 2.70. The zero-order valence-electron chi connectivity index (χ0n) is 16.8. The van der Waals surface area contributed by atoms with Gasteiger partial charge in [-0.05, 0) is 25.1 Å². The van der Waals surface area contributed by atoms with Gasteiger partial charge < -0.3 is 19.7 Å². The minimum Gasteiger partial charge on any atom is -0.490 e. The number of amides is 1. The number of anilines is 1. The Bertz CT molecular complexity index is 1180. The highest BCUT2D eigenvalue weighted by molar-refractivity contribution is 7.89. The van der Waals surface area contributed by atoms with Crippen molar-refractivity contribution in [2.24, 2.45) is 12.2 Å². The quantitative estimate of drug-likeness (QED) is 0.417. The summed E-state index contributed by atoms with van der Waals surface area (Å²) in [6.45, 7) is 1.25. The molecule has 0 unspecified atom stereocenters. The largest absolute Gasteiger partial charge is 0.490 e. The fourth-order valence-corrected chi connectivity index (χ4v) is 3.42. The molecule has 32 heavy (non-hydrogen) atoms. The number of alkyl halides is 3. The van der Waals surface area contributed by atoms with Crippen LogP contribution in [0.3, 0.4) is 0 Å². The van der Waals surface area contributed by atoms with E-state index in [1.807, 2.05) is 0 Å². The Morgan fingerprint density at radius 1 is 1.38 bits per heavy atom. The van der Waals surface area contributed by atoms with E-state index in [-0.39, 0.29) is 24.4 Å². The highest BCUT2D eigenvalue weighted by Gasteiger charge is 2.34. The Morgan fingerprint density at radius 2 is 2.03 bits per heavy atom. The third-order valence-electron chi connectivity index (χ3n) is 4.10. The van der Waals surface area contributed by atoms with E-state index in [9.17, 15) is 35.9 Å². The molecule has 1 aromatic carbocycles. The van der Waals surface area contributed by atoms with E-state index >= 15 is 0 Å². The Morgan fingerprint density at radius 3 is 2.59 bits per heavy atom. The average molecular weight is 477 g/mol. The first-order chi connectivity index (χ1) is 14.8. The summed E-state index contributed by atoms with van der Waals surface area (Å²) in [5.74, 6) is 1.92. The van der Waals surface area contributed by atoms with Gasteiger partial charge in [-0.1, -0.05) is 5.92 Å². The number of sulfonamides is 1. The molecule has 0 spiro atoms. The van der Waals surface area contributed by atoms with Crippen LogP contribution < -0.4 is 15.2 Å². The third kappa shape index (κ3) is 6.00. The molecule has 0 aliphatic carbocycles. The lowest BCUT2D eigenvalue weighted by Crippen LogP contribution is -2.19. The highest BCUT2D eigenvalue weighted by atomic mass is 32.2. The lowest BCUT2D eigenvalue weighted by molar-refractivity contribution is -0.139. The molecule has 0 fully saturated rings. The molecule has 0 saturated carbocycles. The molecular weight excluding hydrogens is 458 g/mol. The van der Waals surface area contributed by atoms with Crippen LogP contribution in [-0.4, -0.2) is 36.7 Å². The first-order valence-electron chi connectivity index (χ1n) is 8.89. The molecule has 0 aliphatic rings. The molecule has 1 amide bonds. The van der Waals surface area contributed by atoms with E-state index in [0.29, 0.717) is 12.1 Å². The van der Waals surface area contributed by atoms with Gasteiger partial charge in [0, 0.05) is 25.4 Å². The van der Waals surface area contributed by atoms with Crippen LogP contribution in [-0.2, 0) is 23.2 Å². The monoisotopic (exact) mass is 477 g/mol. The number of nitrogens with two attached hydrogens (primary N) is 1. The Balaban J connectivity index is 2.40. The van der Waals surface area contributed by atoms with Gasteiger partial charge in [0.15, 0.2) is 11.4 Å². The van der Waals surface area contributed by atoms with E-state index in [0.717, 1.165) is 16.8 Å². The van der Waals surface area contributed by atoms with Gasteiger partial charge in [-0.2, -0.15) is 13.2 Å². The summed E-state index contributed by atoms with van der Waals surface area (Å²) in [6, 6.07) is 1.84. The van der Waals surface area contributed by atoms with Crippen LogP contribution >= 0.6 is 0 Å².